The third kappa shape index (κ3) is 4.33. The summed E-state index contributed by atoms with van der Waals surface area (Å²) < 4.78 is 25.3. The van der Waals surface area contributed by atoms with Gasteiger partial charge >= 0.3 is 0 Å². The number of halogens is 2. The maximum absolute atomic E-state index is 14.0. The van der Waals surface area contributed by atoms with Crippen LogP contribution in [0.4, 0.5) is 15.8 Å². The number of benzene rings is 2. The first-order valence-corrected chi connectivity index (χ1v) is 9.90. The molecule has 4 rings (SSSR count). The molecule has 2 heterocycles. The van der Waals surface area contributed by atoms with Gasteiger partial charge in [-0.15, -0.1) is 0 Å². The molecule has 1 fully saturated rings. The molecular formula is C21H22ClFN2O3. The first-order chi connectivity index (χ1) is 13.6. The Morgan fingerprint density at radius 1 is 1.07 bits per heavy atom. The van der Waals surface area contributed by atoms with Crippen molar-refractivity contribution in [3.8, 4) is 11.5 Å². The Hall–Kier alpha value is -2.47. The second kappa shape index (κ2) is 8.27. The fraction of sp³-hybridized carbons (Fsp3) is 0.381. The molecule has 0 radical (unpaired) electrons. The number of carbonyl (C=O) groups is 1. The van der Waals surface area contributed by atoms with Crippen molar-refractivity contribution in [3.63, 3.8) is 0 Å². The van der Waals surface area contributed by atoms with Crippen LogP contribution in [0.5, 0.6) is 11.5 Å². The predicted octanol–water partition coefficient (Wildman–Crippen LogP) is 4.42. The lowest BCUT2D eigenvalue weighted by Gasteiger charge is -2.19. The van der Waals surface area contributed by atoms with Crippen molar-refractivity contribution in [1.29, 1.82) is 0 Å². The van der Waals surface area contributed by atoms with Gasteiger partial charge in [-0.2, -0.15) is 0 Å². The Morgan fingerprint density at radius 2 is 1.86 bits per heavy atom. The molecule has 28 heavy (non-hydrogen) atoms. The fourth-order valence-electron chi connectivity index (χ4n) is 3.58. The number of nitrogens with one attached hydrogen (secondary N) is 1. The molecule has 2 aromatic carbocycles. The summed E-state index contributed by atoms with van der Waals surface area (Å²) in [5, 5.41) is 3.21. The van der Waals surface area contributed by atoms with Gasteiger partial charge in [0.15, 0.2) is 11.5 Å². The van der Waals surface area contributed by atoms with E-state index < -0.39 is 0 Å². The Balaban J connectivity index is 1.47. The lowest BCUT2D eigenvalue weighted by Crippen LogP contribution is -2.19. The molecule has 1 amide bonds. The van der Waals surface area contributed by atoms with E-state index in [1.165, 1.54) is 12.1 Å². The van der Waals surface area contributed by atoms with E-state index in [0.29, 0.717) is 41.0 Å². The van der Waals surface area contributed by atoms with E-state index in [-0.39, 0.29) is 18.1 Å². The zero-order valence-corrected chi connectivity index (χ0v) is 16.2. The van der Waals surface area contributed by atoms with Crippen LogP contribution in [0.3, 0.4) is 0 Å². The number of hydrogen-bond acceptors (Lipinski definition) is 4. The lowest BCUT2D eigenvalue weighted by atomic mass is 10.1. The first-order valence-electron chi connectivity index (χ1n) is 9.52. The number of carbonyl (C=O) groups excluding carboxylic acids is 1. The molecule has 2 aliphatic rings. The summed E-state index contributed by atoms with van der Waals surface area (Å²) in [6, 6.07) is 8.12. The van der Waals surface area contributed by atoms with Crippen LogP contribution in [-0.2, 0) is 11.2 Å². The smallest absolute Gasteiger partial charge is 0.228 e. The number of anilines is 2. The quantitative estimate of drug-likeness (QED) is 0.819. The largest absolute Gasteiger partial charge is 0.489 e. The minimum Gasteiger partial charge on any atom is -0.489 e. The van der Waals surface area contributed by atoms with Crippen LogP contribution < -0.4 is 19.7 Å². The van der Waals surface area contributed by atoms with Crippen LogP contribution in [0.1, 0.15) is 24.8 Å². The maximum atomic E-state index is 14.0. The van der Waals surface area contributed by atoms with E-state index in [9.17, 15) is 9.18 Å². The normalized spacial score (nSPS) is 16.0. The summed E-state index contributed by atoms with van der Waals surface area (Å²) in [6.45, 7) is 2.91. The Labute approximate surface area is 168 Å². The highest BCUT2D eigenvalue weighted by Gasteiger charge is 2.18. The molecule has 7 heteroatoms. The summed E-state index contributed by atoms with van der Waals surface area (Å²) in [7, 11) is 0. The predicted molar refractivity (Wildman–Crippen MR) is 107 cm³/mol. The van der Waals surface area contributed by atoms with Crippen LogP contribution in [0, 0.1) is 5.82 Å². The van der Waals surface area contributed by atoms with Gasteiger partial charge in [0, 0.05) is 30.9 Å². The average Bonchev–Trinajstić information content (AvgIpc) is 3.07. The lowest BCUT2D eigenvalue weighted by molar-refractivity contribution is -0.115. The van der Waals surface area contributed by atoms with Crippen LogP contribution in [-0.4, -0.2) is 32.2 Å². The van der Waals surface area contributed by atoms with E-state index in [2.05, 4.69) is 10.2 Å². The van der Waals surface area contributed by atoms with Gasteiger partial charge in [-0.1, -0.05) is 11.6 Å². The molecule has 0 aliphatic carbocycles. The maximum Gasteiger partial charge on any atom is 0.228 e. The summed E-state index contributed by atoms with van der Waals surface area (Å²) >= 11 is 6.29. The van der Waals surface area contributed by atoms with E-state index in [4.69, 9.17) is 21.1 Å². The fourth-order valence-corrected chi connectivity index (χ4v) is 3.87. The van der Waals surface area contributed by atoms with Crippen molar-refractivity contribution in [2.45, 2.75) is 25.7 Å². The van der Waals surface area contributed by atoms with E-state index in [1.807, 2.05) is 6.07 Å². The molecule has 0 saturated carbocycles. The van der Waals surface area contributed by atoms with Gasteiger partial charge < -0.3 is 19.7 Å². The van der Waals surface area contributed by atoms with Crippen LogP contribution in [0.15, 0.2) is 30.3 Å². The number of fused-ring (bicyclic) bond motifs is 1. The zero-order valence-electron chi connectivity index (χ0n) is 15.5. The summed E-state index contributed by atoms with van der Waals surface area (Å²) in [6.07, 6.45) is 3.08. The van der Waals surface area contributed by atoms with Crippen molar-refractivity contribution in [3.05, 3.63) is 46.7 Å². The third-order valence-electron chi connectivity index (χ3n) is 4.86. The summed E-state index contributed by atoms with van der Waals surface area (Å²) in [4.78, 5) is 14.6. The third-order valence-corrected chi connectivity index (χ3v) is 5.14. The number of amides is 1. The highest BCUT2D eigenvalue weighted by molar-refractivity contribution is 6.32. The van der Waals surface area contributed by atoms with Crippen molar-refractivity contribution >= 4 is 28.9 Å². The molecule has 0 spiro atoms. The van der Waals surface area contributed by atoms with Crippen LogP contribution >= 0.6 is 11.6 Å². The SMILES string of the molecule is O=C(Cc1cc(Cl)c2c(c1)OCCCO2)Nc1cc(F)cc(N2CCCC2)c1. The van der Waals surface area contributed by atoms with Gasteiger partial charge in [0.2, 0.25) is 5.91 Å². The number of hydrogen-bond donors (Lipinski definition) is 1. The van der Waals surface area contributed by atoms with E-state index in [0.717, 1.165) is 38.0 Å². The molecule has 0 aromatic heterocycles. The molecule has 0 atom stereocenters. The first kappa shape index (κ1) is 18.9. The number of nitrogens with zero attached hydrogens (tertiary/aromatic N) is 1. The van der Waals surface area contributed by atoms with Gasteiger partial charge in [0.05, 0.1) is 24.7 Å². The standard InChI is InChI=1S/C21H22ClFN2O3/c22-18-8-14(9-19-21(18)28-7-3-6-27-19)10-20(26)24-16-11-15(23)12-17(13-16)25-4-1-2-5-25/h8-9,11-13H,1-7,10H2,(H,24,26). The highest BCUT2D eigenvalue weighted by Crippen LogP contribution is 2.38. The van der Waals surface area contributed by atoms with E-state index in [1.54, 1.807) is 12.1 Å². The minimum absolute atomic E-state index is 0.103. The van der Waals surface area contributed by atoms with Crippen molar-refractivity contribution in [2.24, 2.45) is 0 Å². The molecule has 148 valence electrons. The summed E-state index contributed by atoms with van der Waals surface area (Å²) in [5.41, 5.74) is 1.96. The zero-order chi connectivity index (χ0) is 19.5. The van der Waals surface area contributed by atoms with Crippen molar-refractivity contribution in [1.82, 2.24) is 0 Å². The molecule has 2 aromatic rings. The molecule has 0 unspecified atom stereocenters. The van der Waals surface area contributed by atoms with Gasteiger partial charge in [0.1, 0.15) is 5.82 Å². The molecule has 0 bridgehead atoms. The van der Waals surface area contributed by atoms with Gasteiger partial charge in [-0.05, 0) is 48.7 Å². The number of ether oxygens (including phenoxy) is 2. The second-order valence-electron chi connectivity index (χ2n) is 7.07. The topological polar surface area (TPSA) is 50.8 Å². The van der Waals surface area contributed by atoms with Crippen molar-refractivity contribution in [2.75, 3.05) is 36.5 Å². The van der Waals surface area contributed by atoms with Crippen molar-refractivity contribution < 1.29 is 18.7 Å². The number of rotatable bonds is 4. The monoisotopic (exact) mass is 404 g/mol. The molecule has 1 N–H and O–H groups in total. The molecular weight excluding hydrogens is 383 g/mol. The summed E-state index contributed by atoms with van der Waals surface area (Å²) in [5.74, 6) is 0.459. The van der Waals surface area contributed by atoms with Crippen LogP contribution in [0.25, 0.3) is 0 Å². The van der Waals surface area contributed by atoms with Gasteiger partial charge in [0.25, 0.3) is 0 Å². The Morgan fingerprint density at radius 3 is 2.68 bits per heavy atom. The van der Waals surface area contributed by atoms with E-state index >= 15 is 0 Å². The van der Waals surface area contributed by atoms with Gasteiger partial charge in [-0.3, -0.25) is 4.79 Å². The van der Waals surface area contributed by atoms with Crippen LogP contribution in [0.2, 0.25) is 5.02 Å². The van der Waals surface area contributed by atoms with Gasteiger partial charge in [-0.25, -0.2) is 4.39 Å². The molecule has 1 saturated heterocycles. The molecule has 2 aliphatic heterocycles. The molecule has 5 nitrogen and oxygen atoms in total. The Bertz CT molecular complexity index is 884. The minimum atomic E-state index is -0.363. The highest BCUT2D eigenvalue weighted by atomic mass is 35.5. The second-order valence-corrected chi connectivity index (χ2v) is 7.48. The Kier molecular flexibility index (Phi) is 5.57. The average molecular weight is 405 g/mol.